The van der Waals surface area contributed by atoms with Crippen LogP contribution in [0.5, 0.6) is 0 Å². The fourth-order valence-electron chi connectivity index (χ4n) is 2.36. The van der Waals surface area contributed by atoms with Crippen LogP contribution in [0.15, 0.2) is 18.3 Å². The SMILES string of the molecule is CCNc1ccc(C(=O)NCC2CCCN2C)cn1. The summed E-state index contributed by atoms with van der Waals surface area (Å²) in [5, 5.41) is 6.09. The van der Waals surface area contributed by atoms with Crippen LogP contribution in [0.1, 0.15) is 30.1 Å². The van der Waals surface area contributed by atoms with E-state index in [-0.39, 0.29) is 5.91 Å². The van der Waals surface area contributed by atoms with Crippen LogP contribution in [0.3, 0.4) is 0 Å². The highest BCUT2D eigenvalue weighted by molar-refractivity contribution is 5.94. The van der Waals surface area contributed by atoms with Gasteiger partial charge in [-0.05, 0) is 45.5 Å². The van der Waals surface area contributed by atoms with Crippen molar-refractivity contribution in [1.29, 1.82) is 0 Å². The first-order valence-corrected chi connectivity index (χ1v) is 6.89. The zero-order valence-corrected chi connectivity index (χ0v) is 11.6. The van der Waals surface area contributed by atoms with Crippen molar-refractivity contribution in [3.8, 4) is 0 Å². The molecule has 1 amide bonds. The Labute approximate surface area is 114 Å². The van der Waals surface area contributed by atoms with Crippen molar-refractivity contribution in [3.05, 3.63) is 23.9 Å². The Balaban J connectivity index is 1.85. The molecule has 0 aliphatic carbocycles. The number of anilines is 1. The Hall–Kier alpha value is -1.62. The van der Waals surface area contributed by atoms with Gasteiger partial charge in [-0.15, -0.1) is 0 Å². The highest BCUT2D eigenvalue weighted by Crippen LogP contribution is 2.13. The van der Waals surface area contributed by atoms with Crippen molar-refractivity contribution >= 4 is 11.7 Å². The molecule has 1 aromatic heterocycles. The van der Waals surface area contributed by atoms with E-state index in [1.54, 1.807) is 12.3 Å². The largest absolute Gasteiger partial charge is 0.370 e. The summed E-state index contributed by atoms with van der Waals surface area (Å²) in [7, 11) is 2.11. The highest BCUT2D eigenvalue weighted by atomic mass is 16.1. The molecule has 5 heteroatoms. The molecule has 2 N–H and O–H groups in total. The molecule has 1 fully saturated rings. The van der Waals surface area contributed by atoms with Gasteiger partial charge in [-0.2, -0.15) is 0 Å². The molecular weight excluding hydrogens is 240 g/mol. The van der Waals surface area contributed by atoms with Gasteiger partial charge in [0, 0.05) is 25.3 Å². The summed E-state index contributed by atoms with van der Waals surface area (Å²) in [5.41, 5.74) is 0.613. The number of pyridine rings is 1. The molecule has 5 nitrogen and oxygen atoms in total. The number of likely N-dealkylation sites (tertiary alicyclic amines) is 1. The second-order valence-corrected chi connectivity index (χ2v) is 4.95. The summed E-state index contributed by atoms with van der Waals surface area (Å²) in [5.74, 6) is 0.755. The first-order chi connectivity index (χ1) is 9.20. The highest BCUT2D eigenvalue weighted by Gasteiger charge is 2.21. The van der Waals surface area contributed by atoms with E-state index >= 15 is 0 Å². The van der Waals surface area contributed by atoms with E-state index in [9.17, 15) is 4.79 Å². The molecule has 0 spiro atoms. The lowest BCUT2D eigenvalue weighted by Crippen LogP contribution is -2.38. The molecule has 1 aromatic rings. The van der Waals surface area contributed by atoms with Crippen LogP contribution in [0.25, 0.3) is 0 Å². The van der Waals surface area contributed by atoms with Crippen LogP contribution in [-0.4, -0.2) is 48.5 Å². The lowest BCUT2D eigenvalue weighted by atomic mass is 10.2. The van der Waals surface area contributed by atoms with E-state index in [0.717, 1.165) is 25.3 Å². The minimum absolute atomic E-state index is 0.0455. The smallest absolute Gasteiger partial charge is 0.252 e. The van der Waals surface area contributed by atoms with Crippen molar-refractivity contribution in [1.82, 2.24) is 15.2 Å². The fourth-order valence-corrected chi connectivity index (χ4v) is 2.36. The lowest BCUT2D eigenvalue weighted by Gasteiger charge is -2.19. The van der Waals surface area contributed by atoms with Gasteiger partial charge >= 0.3 is 0 Å². The number of likely N-dealkylation sites (N-methyl/N-ethyl adjacent to an activating group) is 1. The van der Waals surface area contributed by atoms with Crippen molar-refractivity contribution in [3.63, 3.8) is 0 Å². The Bertz CT molecular complexity index is 418. The Morgan fingerprint density at radius 3 is 2.95 bits per heavy atom. The fraction of sp³-hybridized carbons (Fsp3) is 0.571. The summed E-state index contributed by atoms with van der Waals surface area (Å²) in [4.78, 5) is 18.5. The van der Waals surface area contributed by atoms with Crippen LogP contribution in [-0.2, 0) is 0 Å². The molecule has 19 heavy (non-hydrogen) atoms. The van der Waals surface area contributed by atoms with Crippen LogP contribution in [0, 0.1) is 0 Å². The van der Waals surface area contributed by atoms with E-state index in [1.165, 1.54) is 6.42 Å². The number of amides is 1. The number of carbonyl (C=O) groups excluding carboxylic acids is 1. The third kappa shape index (κ3) is 3.67. The van der Waals surface area contributed by atoms with Gasteiger partial charge in [0.25, 0.3) is 5.91 Å². The average Bonchev–Trinajstić information content (AvgIpc) is 2.83. The van der Waals surface area contributed by atoms with Crippen LogP contribution in [0.2, 0.25) is 0 Å². The molecule has 0 bridgehead atoms. The summed E-state index contributed by atoms with van der Waals surface area (Å²) in [6.07, 6.45) is 4.00. The Morgan fingerprint density at radius 1 is 1.53 bits per heavy atom. The van der Waals surface area contributed by atoms with Gasteiger partial charge in [-0.1, -0.05) is 0 Å². The van der Waals surface area contributed by atoms with Gasteiger partial charge in [0.1, 0.15) is 5.82 Å². The predicted molar refractivity (Wildman–Crippen MR) is 76.4 cm³/mol. The molecular formula is C14H22N4O. The van der Waals surface area contributed by atoms with E-state index in [2.05, 4.69) is 27.6 Å². The van der Waals surface area contributed by atoms with Crippen molar-refractivity contribution < 1.29 is 4.79 Å². The summed E-state index contributed by atoms with van der Waals surface area (Å²) in [6.45, 7) is 4.68. The number of aromatic nitrogens is 1. The number of nitrogens with one attached hydrogen (secondary N) is 2. The van der Waals surface area contributed by atoms with Crippen molar-refractivity contribution in [2.24, 2.45) is 0 Å². The molecule has 1 aliphatic rings. The maximum Gasteiger partial charge on any atom is 0.252 e. The van der Waals surface area contributed by atoms with Crippen LogP contribution in [0.4, 0.5) is 5.82 Å². The van der Waals surface area contributed by atoms with Gasteiger partial charge in [0.15, 0.2) is 0 Å². The molecule has 1 aliphatic heterocycles. The number of hydrogen-bond acceptors (Lipinski definition) is 4. The van der Waals surface area contributed by atoms with Gasteiger partial charge < -0.3 is 15.5 Å². The lowest BCUT2D eigenvalue weighted by molar-refractivity contribution is 0.0943. The van der Waals surface area contributed by atoms with Crippen molar-refractivity contribution in [2.45, 2.75) is 25.8 Å². The normalized spacial score (nSPS) is 19.4. The zero-order valence-electron chi connectivity index (χ0n) is 11.6. The molecule has 104 valence electrons. The van der Waals surface area contributed by atoms with Crippen molar-refractivity contribution in [2.75, 3.05) is 32.0 Å². The standard InChI is InChI=1S/C14H22N4O/c1-3-15-13-7-6-11(9-16-13)14(19)17-10-12-5-4-8-18(12)2/h6-7,9,12H,3-5,8,10H2,1-2H3,(H,15,16)(H,17,19). The number of hydrogen-bond donors (Lipinski definition) is 2. The molecule has 2 rings (SSSR count). The Kier molecular flexibility index (Phi) is 4.74. The summed E-state index contributed by atoms with van der Waals surface area (Å²) in [6, 6.07) is 4.11. The first-order valence-electron chi connectivity index (χ1n) is 6.89. The summed E-state index contributed by atoms with van der Waals surface area (Å²) < 4.78 is 0. The second-order valence-electron chi connectivity index (χ2n) is 4.95. The number of nitrogens with zero attached hydrogens (tertiary/aromatic N) is 2. The summed E-state index contributed by atoms with van der Waals surface area (Å²) >= 11 is 0. The quantitative estimate of drug-likeness (QED) is 0.840. The van der Waals surface area contributed by atoms with Gasteiger partial charge in [0.2, 0.25) is 0 Å². The van der Waals surface area contributed by atoms with Crippen LogP contribution >= 0.6 is 0 Å². The van der Waals surface area contributed by atoms with Gasteiger partial charge in [0.05, 0.1) is 5.56 Å². The number of carbonyl (C=O) groups is 1. The second kappa shape index (κ2) is 6.52. The predicted octanol–water partition coefficient (Wildman–Crippen LogP) is 1.34. The molecule has 1 saturated heterocycles. The maximum atomic E-state index is 12.0. The van der Waals surface area contributed by atoms with Gasteiger partial charge in [-0.25, -0.2) is 4.98 Å². The third-order valence-electron chi connectivity index (χ3n) is 3.55. The van der Waals surface area contributed by atoms with Gasteiger partial charge in [-0.3, -0.25) is 4.79 Å². The average molecular weight is 262 g/mol. The van der Waals surface area contributed by atoms with E-state index in [0.29, 0.717) is 18.2 Å². The third-order valence-corrected chi connectivity index (χ3v) is 3.55. The molecule has 2 heterocycles. The van der Waals surface area contributed by atoms with E-state index < -0.39 is 0 Å². The molecule has 0 aromatic carbocycles. The minimum atomic E-state index is -0.0455. The molecule has 0 saturated carbocycles. The topological polar surface area (TPSA) is 57.3 Å². The Morgan fingerprint density at radius 2 is 2.37 bits per heavy atom. The van der Waals surface area contributed by atoms with E-state index in [4.69, 9.17) is 0 Å². The number of rotatable bonds is 5. The zero-order chi connectivity index (χ0) is 13.7. The molecule has 1 atom stereocenters. The molecule has 1 unspecified atom stereocenters. The monoisotopic (exact) mass is 262 g/mol. The molecule has 0 radical (unpaired) electrons. The van der Waals surface area contributed by atoms with E-state index in [1.807, 2.05) is 13.0 Å². The first kappa shape index (κ1) is 13.8. The maximum absolute atomic E-state index is 12.0. The van der Waals surface area contributed by atoms with Crippen LogP contribution < -0.4 is 10.6 Å². The minimum Gasteiger partial charge on any atom is -0.370 e.